The van der Waals surface area contributed by atoms with Crippen molar-refractivity contribution in [3.63, 3.8) is 0 Å². The molecule has 0 fully saturated rings. The zero-order chi connectivity index (χ0) is 15.4. The van der Waals surface area contributed by atoms with Crippen LogP contribution in [0.3, 0.4) is 0 Å². The minimum atomic E-state index is -0.238. The van der Waals surface area contributed by atoms with Crippen molar-refractivity contribution in [1.29, 1.82) is 0 Å². The van der Waals surface area contributed by atoms with E-state index in [1.54, 1.807) is 11.9 Å². The van der Waals surface area contributed by atoms with Crippen LogP contribution in [0.2, 0.25) is 0 Å². The van der Waals surface area contributed by atoms with E-state index in [2.05, 4.69) is 10.1 Å². The molecule has 0 N–H and O–H groups in total. The number of aromatic nitrogens is 3. The maximum absolute atomic E-state index is 12.4. The van der Waals surface area contributed by atoms with Crippen LogP contribution in [-0.2, 0) is 6.42 Å². The Kier molecular flexibility index (Phi) is 3.96. The van der Waals surface area contributed by atoms with Crippen molar-refractivity contribution in [1.82, 2.24) is 14.8 Å². The normalized spacial score (nSPS) is 10.4. The SMILES string of the molecule is CN(C(=O)n1cnc(Cc2ccccc2)n1)c1ccccc1. The molecule has 1 aromatic heterocycles. The molecule has 2 aromatic carbocycles. The Morgan fingerprint density at radius 3 is 2.36 bits per heavy atom. The predicted octanol–water partition coefficient (Wildman–Crippen LogP) is 2.97. The van der Waals surface area contributed by atoms with Crippen LogP contribution in [-0.4, -0.2) is 27.8 Å². The van der Waals surface area contributed by atoms with Crippen LogP contribution in [0.4, 0.5) is 10.5 Å². The van der Waals surface area contributed by atoms with E-state index in [0.29, 0.717) is 12.2 Å². The van der Waals surface area contributed by atoms with Gasteiger partial charge in [-0.3, -0.25) is 4.90 Å². The van der Waals surface area contributed by atoms with E-state index in [9.17, 15) is 4.79 Å². The summed E-state index contributed by atoms with van der Waals surface area (Å²) >= 11 is 0. The molecular formula is C17H16N4O. The summed E-state index contributed by atoms with van der Waals surface area (Å²) in [7, 11) is 1.72. The minimum absolute atomic E-state index is 0.238. The minimum Gasteiger partial charge on any atom is -0.296 e. The molecule has 110 valence electrons. The van der Waals surface area contributed by atoms with Crippen molar-refractivity contribution in [2.24, 2.45) is 0 Å². The average Bonchev–Trinajstić information content (AvgIpc) is 3.04. The molecule has 0 unspecified atom stereocenters. The van der Waals surface area contributed by atoms with E-state index in [4.69, 9.17) is 0 Å². The number of benzene rings is 2. The first-order valence-corrected chi connectivity index (χ1v) is 7.01. The molecule has 0 aliphatic heterocycles. The molecule has 3 aromatic rings. The van der Waals surface area contributed by atoms with Crippen molar-refractivity contribution in [2.45, 2.75) is 6.42 Å². The van der Waals surface area contributed by atoms with Gasteiger partial charge in [0.15, 0.2) is 5.82 Å². The Labute approximate surface area is 128 Å². The van der Waals surface area contributed by atoms with E-state index in [1.165, 1.54) is 11.0 Å². The number of amides is 1. The molecule has 0 saturated heterocycles. The standard InChI is InChI=1S/C17H16N4O/c1-20(15-10-6-3-7-11-15)17(22)21-13-18-16(19-21)12-14-8-4-2-5-9-14/h2-11,13H,12H2,1H3. The number of para-hydroxylation sites is 1. The van der Waals surface area contributed by atoms with Gasteiger partial charge in [-0.1, -0.05) is 48.5 Å². The molecule has 0 spiro atoms. The van der Waals surface area contributed by atoms with E-state index in [0.717, 1.165) is 11.3 Å². The third kappa shape index (κ3) is 3.03. The molecule has 5 nitrogen and oxygen atoms in total. The Morgan fingerprint density at radius 1 is 1.05 bits per heavy atom. The molecule has 1 amide bonds. The molecule has 0 aliphatic rings. The number of hydrogen-bond acceptors (Lipinski definition) is 3. The van der Waals surface area contributed by atoms with E-state index >= 15 is 0 Å². The lowest BCUT2D eigenvalue weighted by atomic mass is 10.1. The molecule has 22 heavy (non-hydrogen) atoms. The first-order chi connectivity index (χ1) is 10.7. The summed E-state index contributed by atoms with van der Waals surface area (Å²) < 4.78 is 1.27. The molecule has 0 radical (unpaired) electrons. The van der Waals surface area contributed by atoms with Gasteiger partial charge in [-0.2, -0.15) is 4.68 Å². The Balaban J connectivity index is 1.74. The first kappa shape index (κ1) is 14.0. The highest BCUT2D eigenvalue weighted by Gasteiger charge is 2.15. The smallest absolute Gasteiger partial charge is 0.296 e. The third-order valence-electron chi connectivity index (χ3n) is 3.37. The lowest BCUT2D eigenvalue weighted by Gasteiger charge is -2.16. The summed E-state index contributed by atoms with van der Waals surface area (Å²) in [6.07, 6.45) is 2.07. The topological polar surface area (TPSA) is 51.0 Å². The summed E-state index contributed by atoms with van der Waals surface area (Å²) in [4.78, 5) is 18.2. The second-order valence-corrected chi connectivity index (χ2v) is 4.94. The molecule has 0 aliphatic carbocycles. The van der Waals surface area contributed by atoms with Crippen LogP contribution in [0, 0.1) is 0 Å². The van der Waals surface area contributed by atoms with Crippen molar-refractivity contribution in [3.05, 3.63) is 78.4 Å². The van der Waals surface area contributed by atoms with Gasteiger partial charge in [0.05, 0.1) is 0 Å². The fourth-order valence-electron chi connectivity index (χ4n) is 2.16. The van der Waals surface area contributed by atoms with Crippen LogP contribution in [0.25, 0.3) is 0 Å². The predicted molar refractivity (Wildman–Crippen MR) is 84.9 cm³/mol. The van der Waals surface area contributed by atoms with E-state index in [1.807, 2.05) is 60.7 Å². The van der Waals surface area contributed by atoms with Gasteiger partial charge < -0.3 is 0 Å². The molecule has 0 saturated carbocycles. The number of rotatable bonds is 3. The van der Waals surface area contributed by atoms with E-state index < -0.39 is 0 Å². The van der Waals surface area contributed by atoms with Crippen LogP contribution in [0.1, 0.15) is 11.4 Å². The number of carbonyl (C=O) groups is 1. The third-order valence-corrected chi connectivity index (χ3v) is 3.37. The van der Waals surface area contributed by atoms with Crippen LogP contribution < -0.4 is 4.90 Å². The molecular weight excluding hydrogens is 276 g/mol. The number of anilines is 1. The van der Waals surface area contributed by atoms with Gasteiger partial charge in [0.1, 0.15) is 6.33 Å². The fourth-order valence-corrected chi connectivity index (χ4v) is 2.16. The van der Waals surface area contributed by atoms with E-state index in [-0.39, 0.29) is 6.03 Å². The Morgan fingerprint density at radius 2 is 1.68 bits per heavy atom. The van der Waals surface area contributed by atoms with Gasteiger partial charge in [-0.05, 0) is 17.7 Å². The maximum atomic E-state index is 12.4. The summed E-state index contributed by atoms with van der Waals surface area (Å²) in [5.41, 5.74) is 1.93. The molecule has 3 rings (SSSR count). The van der Waals surface area contributed by atoms with Crippen LogP contribution in [0.15, 0.2) is 67.0 Å². The van der Waals surface area contributed by atoms with Gasteiger partial charge in [-0.15, -0.1) is 5.10 Å². The zero-order valence-electron chi connectivity index (χ0n) is 12.3. The number of hydrogen-bond donors (Lipinski definition) is 0. The zero-order valence-corrected chi connectivity index (χ0v) is 12.3. The average molecular weight is 292 g/mol. The molecule has 0 atom stereocenters. The Hall–Kier alpha value is -2.95. The number of carbonyl (C=O) groups excluding carboxylic acids is 1. The van der Waals surface area contributed by atoms with Gasteiger partial charge in [-0.25, -0.2) is 9.78 Å². The summed E-state index contributed by atoms with van der Waals surface area (Å²) in [5.74, 6) is 0.626. The van der Waals surface area contributed by atoms with Crippen molar-refractivity contribution >= 4 is 11.7 Å². The van der Waals surface area contributed by atoms with Crippen LogP contribution in [0.5, 0.6) is 0 Å². The molecule has 1 heterocycles. The highest BCUT2D eigenvalue weighted by molar-refractivity contribution is 5.92. The quantitative estimate of drug-likeness (QED) is 0.745. The van der Waals surface area contributed by atoms with Crippen LogP contribution >= 0.6 is 0 Å². The highest BCUT2D eigenvalue weighted by atomic mass is 16.2. The van der Waals surface area contributed by atoms with Gasteiger partial charge in [0.25, 0.3) is 0 Å². The largest absolute Gasteiger partial charge is 0.350 e. The summed E-state index contributed by atoms with van der Waals surface area (Å²) in [6.45, 7) is 0. The Bertz CT molecular complexity index is 753. The summed E-state index contributed by atoms with van der Waals surface area (Å²) in [6, 6.07) is 19.1. The van der Waals surface area contributed by atoms with Crippen molar-refractivity contribution in [2.75, 3.05) is 11.9 Å². The first-order valence-electron chi connectivity index (χ1n) is 7.01. The lowest BCUT2D eigenvalue weighted by Crippen LogP contribution is -2.31. The highest BCUT2D eigenvalue weighted by Crippen LogP contribution is 2.12. The van der Waals surface area contributed by atoms with Crippen molar-refractivity contribution < 1.29 is 4.79 Å². The lowest BCUT2D eigenvalue weighted by molar-refractivity contribution is 0.246. The van der Waals surface area contributed by atoms with Gasteiger partial charge in [0, 0.05) is 19.2 Å². The number of nitrogens with zero attached hydrogens (tertiary/aromatic N) is 4. The monoisotopic (exact) mass is 292 g/mol. The van der Waals surface area contributed by atoms with Gasteiger partial charge in [0.2, 0.25) is 0 Å². The fraction of sp³-hybridized carbons (Fsp3) is 0.118. The van der Waals surface area contributed by atoms with Gasteiger partial charge >= 0.3 is 6.03 Å². The second-order valence-electron chi connectivity index (χ2n) is 4.94. The molecule has 0 bridgehead atoms. The molecule has 5 heteroatoms. The summed E-state index contributed by atoms with van der Waals surface area (Å²) in [5, 5.41) is 4.27. The van der Waals surface area contributed by atoms with Crippen molar-refractivity contribution in [3.8, 4) is 0 Å². The second kappa shape index (κ2) is 6.22. The maximum Gasteiger partial charge on any atom is 0.350 e.